The first-order valence-electron chi connectivity index (χ1n) is 5.52. The molecular weight excluding hydrogens is 196 g/mol. The lowest BCUT2D eigenvalue weighted by Gasteiger charge is -2.24. The van der Waals surface area contributed by atoms with Crippen LogP contribution >= 0.6 is 0 Å². The molecule has 0 aliphatic heterocycles. The van der Waals surface area contributed by atoms with Crippen molar-refractivity contribution in [3.05, 3.63) is 0 Å². The van der Waals surface area contributed by atoms with Crippen LogP contribution in [0.5, 0.6) is 0 Å². The van der Waals surface area contributed by atoms with Crippen LogP contribution in [0.25, 0.3) is 0 Å². The standard InChI is InChI=1S/C11H22O4/c1-11(10(14)15,6-2-4-8-12)7-3-5-9-13/h12-13H,2-9H2,1H3,(H,14,15). The Balaban J connectivity index is 4.01. The predicted octanol–water partition coefficient (Wildman–Crippen LogP) is 1.40. The largest absolute Gasteiger partial charge is 0.481 e. The number of carboxylic acid groups (broad SMARTS) is 1. The van der Waals surface area contributed by atoms with Gasteiger partial charge in [-0.05, 0) is 32.6 Å². The quantitative estimate of drug-likeness (QED) is 0.511. The number of unbranched alkanes of at least 4 members (excludes halogenated alkanes) is 2. The van der Waals surface area contributed by atoms with E-state index in [-0.39, 0.29) is 13.2 Å². The lowest BCUT2D eigenvalue weighted by atomic mass is 9.80. The number of carbonyl (C=O) groups is 1. The van der Waals surface area contributed by atoms with E-state index in [2.05, 4.69) is 0 Å². The summed E-state index contributed by atoms with van der Waals surface area (Å²) in [7, 11) is 0. The Morgan fingerprint density at radius 2 is 1.40 bits per heavy atom. The first-order valence-corrected chi connectivity index (χ1v) is 5.52. The lowest BCUT2D eigenvalue weighted by molar-refractivity contribution is -0.149. The van der Waals surface area contributed by atoms with Crippen molar-refractivity contribution >= 4 is 5.97 Å². The Labute approximate surface area is 90.9 Å². The van der Waals surface area contributed by atoms with E-state index in [1.165, 1.54) is 0 Å². The monoisotopic (exact) mass is 218 g/mol. The summed E-state index contributed by atoms with van der Waals surface area (Å²) in [6.07, 6.45) is 3.96. The number of rotatable bonds is 9. The average Bonchev–Trinajstić information content (AvgIpc) is 2.18. The van der Waals surface area contributed by atoms with E-state index in [1.807, 2.05) is 0 Å². The van der Waals surface area contributed by atoms with Gasteiger partial charge in [-0.3, -0.25) is 4.79 Å². The van der Waals surface area contributed by atoms with E-state index >= 15 is 0 Å². The van der Waals surface area contributed by atoms with Crippen molar-refractivity contribution in [1.29, 1.82) is 0 Å². The number of carboxylic acids is 1. The van der Waals surface area contributed by atoms with Crippen LogP contribution < -0.4 is 0 Å². The second kappa shape index (κ2) is 7.65. The summed E-state index contributed by atoms with van der Waals surface area (Å²) in [5.74, 6) is -0.779. The second-order valence-electron chi connectivity index (χ2n) is 4.23. The van der Waals surface area contributed by atoms with Crippen molar-refractivity contribution in [2.45, 2.75) is 45.4 Å². The maximum Gasteiger partial charge on any atom is 0.309 e. The average molecular weight is 218 g/mol. The molecule has 0 unspecified atom stereocenters. The van der Waals surface area contributed by atoms with Crippen LogP contribution in [-0.4, -0.2) is 34.5 Å². The van der Waals surface area contributed by atoms with Crippen LogP contribution in [0.4, 0.5) is 0 Å². The maximum absolute atomic E-state index is 11.1. The van der Waals surface area contributed by atoms with Crippen LogP contribution in [0.2, 0.25) is 0 Å². The van der Waals surface area contributed by atoms with Gasteiger partial charge in [-0.15, -0.1) is 0 Å². The van der Waals surface area contributed by atoms with Gasteiger partial charge < -0.3 is 15.3 Å². The summed E-state index contributed by atoms with van der Waals surface area (Å²) in [4.78, 5) is 11.1. The summed E-state index contributed by atoms with van der Waals surface area (Å²) in [6, 6.07) is 0. The minimum Gasteiger partial charge on any atom is -0.481 e. The number of aliphatic carboxylic acids is 1. The molecule has 0 aliphatic rings. The van der Waals surface area contributed by atoms with Crippen LogP contribution in [0.1, 0.15) is 45.4 Å². The third kappa shape index (κ3) is 5.74. The molecule has 15 heavy (non-hydrogen) atoms. The van der Waals surface area contributed by atoms with Crippen molar-refractivity contribution in [2.24, 2.45) is 5.41 Å². The van der Waals surface area contributed by atoms with Crippen molar-refractivity contribution in [3.63, 3.8) is 0 Å². The Morgan fingerprint density at radius 1 is 1.00 bits per heavy atom. The third-order valence-corrected chi connectivity index (χ3v) is 2.79. The fourth-order valence-electron chi connectivity index (χ4n) is 1.59. The van der Waals surface area contributed by atoms with Gasteiger partial charge >= 0.3 is 5.97 Å². The molecule has 0 amide bonds. The van der Waals surface area contributed by atoms with Crippen molar-refractivity contribution < 1.29 is 20.1 Å². The molecule has 4 heteroatoms. The summed E-state index contributed by atoms with van der Waals surface area (Å²) in [5.41, 5.74) is -0.704. The van der Waals surface area contributed by atoms with Crippen LogP contribution in [0.3, 0.4) is 0 Å². The minimum atomic E-state index is -0.779. The molecule has 0 heterocycles. The van der Waals surface area contributed by atoms with E-state index in [1.54, 1.807) is 6.92 Å². The highest BCUT2D eigenvalue weighted by atomic mass is 16.4. The third-order valence-electron chi connectivity index (χ3n) is 2.79. The fourth-order valence-corrected chi connectivity index (χ4v) is 1.59. The predicted molar refractivity (Wildman–Crippen MR) is 57.6 cm³/mol. The SMILES string of the molecule is CC(CCCCO)(CCCCO)C(=O)O. The lowest BCUT2D eigenvalue weighted by Crippen LogP contribution is -2.27. The van der Waals surface area contributed by atoms with Crippen molar-refractivity contribution in [2.75, 3.05) is 13.2 Å². The zero-order valence-corrected chi connectivity index (χ0v) is 9.41. The highest BCUT2D eigenvalue weighted by Crippen LogP contribution is 2.30. The van der Waals surface area contributed by atoms with Crippen LogP contribution in [0.15, 0.2) is 0 Å². The van der Waals surface area contributed by atoms with Gasteiger partial charge in [-0.25, -0.2) is 0 Å². The molecule has 0 atom stereocenters. The molecule has 0 aromatic rings. The van der Waals surface area contributed by atoms with Gasteiger partial charge in [0.1, 0.15) is 0 Å². The van der Waals surface area contributed by atoms with Crippen molar-refractivity contribution in [1.82, 2.24) is 0 Å². The molecule has 3 N–H and O–H groups in total. The molecule has 0 bridgehead atoms. The molecule has 0 radical (unpaired) electrons. The summed E-state index contributed by atoms with van der Waals surface area (Å²) in [5, 5.41) is 26.4. The minimum absolute atomic E-state index is 0.117. The normalized spacial score (nSPS) is 11.7. The summed E-state index contributed by atoms with van der Waals surface area (Å²) < 4.78 is 0. The molecule has 0 saturated heterocycles. The number of hydrogen-bond donors (Lipinski definition) is 3. The zero-order chi connectivity index (χ0) is 11.7. The highest BCUT2D eigenvalue weighted by Gasteiger charge is 2.31. The van der Waals surface area contributed by atoms with Crippen LogP contribution in [-0.2, 0) is 4.79 Å². The second-order valence-corrected chi connectivity index (χ2v) is 4.23. The zero-order valence-electron chi connectivity index (χ0n) is 9.41. The molecule has 0 aromatic heterocycles. The van der Waals surface area contributed by atoms with Crippen molar-refractivity contribution in [3.8, 4) is 0 Å². The first kappa shape index (κ1) is 14.4. The van der Waals surface area contributed by atoms with Crippen LogP contribution in [0, 0.1) is 5.41 Å². The summed E-state index contributed by atoms with van der Waals surface area (Å²) in [6.45, 7) is 1.97. The Bertz CT molecular complexity index is 169. The Morgan fingerprint density at radius 3 is 1.67 bits per heavy atom. The van der Waals surface area contributed by atoms with Gasteiger partial charge in [-0.1, -0.05) is 12.8 Å². The van der Waals surface area contributed by atoms with E-state index in [4.69, 9.17) is 15.3 Å². The molecule has 0 spiro atoms. The Hall–Kier alpha value is -0.610. The van der Waals surface area contributed by atoms with Gasteiger partial charge in [0, 0.05) is 13.2 Å². The van der Waals surface area contributed by atoms with Gasteiger partial charge in [0.15, 0.2) is 0 Å². The molecule has 4 nitrogen and oxygen atoms in total. The summed E-state index contributed by atoms with van der Waals surface area (Å²) >= 11 is 0. The number of hydrogen-bond acceptors (Lipinski definition) is 3. The molecular formula is C11H22O4. The molecule has 90 valence electrons. The van der Waals surface area contributed by atoms with Gasteiger partial charge in [-0.2, -0.15) is 0 Å². The smallest absolute Gasteiger partial charge is 0.309 e. The van der Waals surface area contributed by atoms with E-state index in [0.29, 0.717) is 25.7 Å². The number of aliphatic hydroxyl groups excluding tert-OH is 2. The van der Waals surface area contributed by atoms with Gasteiger partial charge in [0.05, 0.1) is 5.41 Å². The first-order chi connectivity index (χ1) is 7.06. The van der Waals surface area contributed by atoms with E-state index in [0.717, 1.165) is 12.8 Å². The van der Waals surface area contributed by atoms with E-state index < -0.39 is 11.4 Å². The molecule has 0 rings (SSSR count). The molecule has 0 aromatic carbocycles. The van der Waals surface area contributed by atoms with Gasteiger partial charge in [0.25, 0.3) is 0 Å². The molecule has 0 saturated carbocycles. The Kier molecular flexibility index (Phi) is 7.34. The topological polar surface area (TPSA) is 77.8 Å². The molecule has 0 aliphatic carbocycles. The number of aliphatic hydroxyl groups is 2. The maximum atomic E-state index is 11.1. The fraction of sp³-hybridized carbons (Fsp3) is 0.909. The van der Waals surface area contributed by atoms with Gasteiger partial charge in [0.2, 0.25) is 0 Å². The highest BCUT2D eigenvalue weighted by molar-refractivity contribution is 5.74. The van der Waals surface area contributed by atoms with E-state index in [9.17, 15) is 4.79 Å². The molecule has 0 fully saturated rings.